The zero-order valence-electron chi connectivity index (χ0n) is 13.2. The molecule has 1 aromatic heterocycles. The van der Waals surface area contributed by atoms with Gasteiger partial charge >= 0.3 is 0 Å². The van der Waals surface area contributed by atoms with Crippen LogP contribution in [-0.4, -0.2) is 33.7 Å². The minimum atomic E-state index is -0.0000152. The fraction of sp³-hybridized carbons (Fsp3) is 0.688. The molecular formula is C16H26N2OS. The van der Waals surface area contributed by atoms with Crippen molar-refractivity contribution in [3.8, 4) is 0 Å². The molecule has 0 aromatic carbocycles. The number of pyridine rings is 1. The minimum absolute atomic E-state index is 0.0000152. The summed E-state index contributed by atoms with van der Waals surface area (Å²) in [6, 6.07) is 4.05. The molecule has 112 valence electrons. The Kier molecular flexibility index (Phi) is 4.35. The molecular weight excluding hydrogens is 268 g/mol. The molecule has 1 N–H and O–H groups in total. The molecule has 0 bridgehead atoms. The summed E-state index contributed by atoms with van der Waals surface area (Å²) in [6.45, 7) is 13.2. The highest BCUT2D eigenvalue weighted by Crippen LogP contribution is 2.33. The number of aliphatic hydroxyl groups is 1. The van der Waals surface area contributed by atoms with Gasteiger partial charge in [-0.2, -0.15) is 11.8 Å². The maximum absolute atomic E-state index is 9.50. The molecule has 0 saturated carbocycles. The first-order valence-electron chi connectivity index (χ1n) is 7.22. The first kappa shape index (κ1) is 15.6. The SMILES string of the molecule is CC1(C)CN(c2cc(CO)cc(C(C)(C)C)n2)CCS1. The molecule has 1 saturated heterocycles. The van der Waals surface area contributed by atoms with Crippen LogP contribution in [0.1, 0.15) is 45.9 Å². The Morgan fingerprint density at radius 2 is 2.05 bits per heavy atom. The first-order chi connectivity index (χ1) is 9.21. The summed E-state index contributed by atoms with van der Waals surface area (Å²) >= 11 is 2.02. The number of thioether (sulfide) groups is 1. The van der Waals surface area contributed by atoms with E-state index >= 15 is 0 Å². The average Bonchev–Trinajstić information content (AvgIpc) is 2.36. The van der Waals surface area contributed by atoms with E-state index in [0.717, 1.165) is 35.9 Å². The van der Waals surface area contributed by atoms with E-state index in [4.69, 9.17) is 4.98 Å². The van der Waals surface area contributed by atoms with Crippen molar-refractivity contribution in [3.63, 3.8) is 0 Å². The molecule has 3 nitrogen and oxygen atoms in total. The predicted octanol–water partition coefficient (Wildman–Crippen LogP) is 3.20. The first-order valence-corrected chi connectivity index (χ1v) is 8.21. The predicted molar refractivity (Wildman–Crippen MR) is 87.6 cm³/mol. The van der Waals surface area contributed by atoms with Crippen LogP contribution in [0, 0.1) is 0 Å². The number of hydrogen-bond donors (Lipinski definition) is 1. The smallest absolute Gasteiger partial charge is 0.129 e. The molecule has 0 atom stereocenters. The van der Waals surface area contributed by atoms with Crippen molar-refractivity contribution < 1.29 is 5.11 Å². The molecule has 0 unspecified atom stereocenters. The number of anilines is 1. The van der Waals surface area contributed by atoms with Crippen LogP contribution in [0.5, 0.6) is 0 Å². The van der Waals surface area contributed by atoms with Gasteiger partial charge in [0.25, 0.3) is 0 Å². The normalized spacial score (nSPS) is 19.2. The third kappa shape index (κ3) is 3.67. The number of nitrogens with zero attached hydrogens (tertiary/aromatic N) is 2. The van der Waals surface area contributed by atoms with Crippen LogP contribution >= 0.6 is 11.8 Å². The van der Waals surface area contributed by atoms with Gasteiger partial charge in [0, 0.05) is 34.7 Å². The van der Waals surface area contributed by atoms with Crippen molar-refractivity contribution in [1.82, 2.24) is 4.98 Å². The van der Waals surface area contributed by atoms with E-state index in [-0.39, 0.29) is 16.8 Å². The second-order valence-corrected chi connectivity index (χ2v) is 8.96. The topological polar surface area (TPSA) is 36.4 Å². The second kappa shape index (κ2) is 5.57. The van der Waals surface area contributed by atoms with Crippen LogP contribution < -0.4 is 4.90 Å². The van der Waals surface area contributed by atoms with Crippen molar-refractivity contribution in [2.24, 2.45) is 0 Å². The molecule has 20 heavy (non-hydrogen) atoms. The van der Waals surface area contributed by atoms with Crippen LogP contribution in [0.4, 0.5) is 5.82 Å². The van der Waals surface area contributed by atoms with Gasteiger partial charge in [-0.05, 0) is 31.5 Å². The van der Waals surface area contributed by atoms with Gasteiger partial charge in [-0.25, -0.2) is 4.98 Å². The van der Waals surface area contributed by atoms with Crippen molar-refractivity contribution in [2.75, 3.05) is 23.7 Å². The van der Waals surface area contributed by atoms with Crippen LogP contribution in [0.25, 0.3) is 0 Å². The van der Waals surface area contributed by atoms with Gasteiger partial charge in [-0.1, -0.05) is 20.8 Å². The fourth-order valence-electron chi connectivity index (χ4n) is 2.42. The van der Waals surface area contributed by atoms with Gasteiger partial charge in [0.05, 0.1) is 6.61 Å². The van der Waals surface area contributed by atoms with Crippen LogP contribution in [0.15, 0.2) is 12.1 Å². The zero-order chi connectivity index (χ0) is 15.0. The maximum Gasteiger partial charge on any atom is 0.129 e. The van der Waals surface area contributed by atoms with E-state index in [1.165, 1.54) is 0 Å². The Morgan fingerprint density at radius 3 is 2.60 bits per heavy atom. The van der Waals surface area contributed by atoms with E-state index in [9.17, 15) is 5.11 Å². The van der Waals surface area contributed by atoms with Crippen LogP contribution in [0.2, 0.25) is 0 Å². The van der Waals surface area contributed by atoms with Crippen molar-refractivity contribution in [1.29, 1.82) is 0 Å². The summed E-state index contributed by atoms with van der Waals surface area (Å²) in [5.74, 6) is 2.14. The monoisotopic (exact) mass is 294 g/mol. The molecule has 0 spiro atoms. The largest absolute Gasteiger partial charge is 0.392 e. The fourth-order valence-corrected chi connectivity index (χ4v) is 3.53. The second-order valence-electron chi connectivity index (χ2n) is 7.16. The Morgan fingerprint density at radius 1 is 1.35 bits per heavy atom. The number of rotatable bonds is 2. The number of aromatic nitrogens is 1. The lowest BCUT2D eigenvalue weighted by molar-refractivity contribution is 0.281. The van der Waals surface area contributed by atoms with E-state index in [0.29, 0.717) is 0 Å². The van der Waals surface area contributed by atoms with E-state index in [1.807, 2.05) is 23.9 Å². The molecule has 0 amide bonds. The van der Waals surface area contributed by atoms with Gasteiger partial charge in [-0.15, -0.1) is 0 Å². The quantitative estimate of drug-likeness (QED) is 0.908. The Bertz CT molecular complexity index is 480. The lowest BCUT2D eigenvalue weighted by atomic mass is 9.91. The summed E-state index contributed by atoms with van der Waals surface area (Å²) in [5.41, 5.74) is 2.01. The molecule has 2 heterocycles. The Labute approximate surface area is 126 Å². The summed E-state index contributed by atoms with van der Waals surface area (Å²) in [4.78, 5) is 7.20. The molecule has 1 fully saturated rings. The van der Waals surface area contributed by atoms with Gasteiger partial charge in [0.15, 0.2) is 0 Å². The van der Waals surface area contributed by atoms with Gasteiger partial charge in [-0.3, -0.25) is 0 Å². The standard InChI is InChI=1S/C16H26N2OS/c1-15(2,3)13-8-12(10-19)9-14(17-13)18-6-7-20-16(4,5)11-18/h8-9,19H,6-7,10-11H2,1-5H3. The van der Waals surface area contributed by atoms with Crippen LogP contribution in [-0.2, 0) is 12.0 Å². The minimum Gasteiger partial charge on any atom is -0.392 e. The van der Waals surface area contributed by atoms with E-state index in [2.05, 4.69) is 39.5 Å². The molecule has 1 aromatic rings. The van der Waals surface area contributed by atoms with Gasteiger partial charge in [0.2, 0.25) is 0 Å². The molecule has 2 rings (SSSR count). The summed E-state index contributed by atoms with van der Waals surface area (Å²) in [6.07, 6.45) is 0. The molecule has 1 aliphatic rings. The number of hydrogen-bond acceptors (Lipinski definition) is 4. The Balaban J connectivity index is 2.36. The van der Waals surface area contributed by atoms with Crippen molar-refractivity contribution in [2.45, 2.75) is 51.4 Å². The summed E-state index contributed by atoms with van der Waals surface area (Å²) < 4.78 is 0.261. The highest BCUT2D eigenvalue weighted by Gasteiger charge is 2.28. The molecule has 1 aliphatic heterocycles. The summed E-state index contributed by atoms with van der Waals surface area (Å²) in [7, 11) is 0. The highest BCUT2D eigenvalue weighted by atomic mass is 32.2. The van der Waals surface area contributed by atoms with Gasteiger partial charge in [0.1, 0.15) is 5.82 Å². The lowest BCUT2D eigenvalue weighted by Gasteiger charge is -2.38. The lowest BCUT2D eigenvalue weighted by Crippen LogP contribution is -2.43. The van der Waals surface area contributed by atoms with Crippen molar-refractivity contribution in [3.05, 3.63) is 23.4 Å². The average molecular weight is 294 g/mol. The van der Waals surface area contributed by atoms with Crippen molar-refractivity contribution >= 4 is 17.6 Å². The number of aliphatic hydroxyl groups excluding tert-OH is 1. The van der Waals surface area contributed by atoms with E-state index in [1.54, 1.807) is 0 Å². The third-order valence-electron chi connectivity index (χ3n) is 3.57. The Hall–Kier alpha value is -0.740. The third-order valence-corrected chi connectivity index (χ3v) is 4.87. The molecule has 0 radical (unpaired) electrons. The summed E-state index contributed by atoms with van der Waals surface area (Å²) in [5, 5.41) is 9.50. The highest BCUT2D eigenvalue weighted by molar-refractivity contribution is 8.00. The van der Waals surface area contributed by atoms with Crippen LogP contribution in [0.3, 0.4) is 0 Å². The maximum atomic E-state index is 9.50. The molecule has 4 heteroatoms. The van der Waals surface area contributed by atoms with Gasteiger partial charge < -0.3 is 10.0 Å². The van der Waals surface area contributed by atoms with E-state index < -0.39 is 0 Å². The zero-order valence-corrected chi connectivity index (χ0v) is 14.0. The molecule has 0 aliphatic carbocycles.